The molecule has 0 saturated carbocycles. The molecule has 12 heavy (non-hydrogen) atoms. The van der Waals surface area contributed by atoms with Crippen molar-refractivity contribution in [2.75, 3.05) is 11.5 Å². The Morgan fingerprint density at radius 2 is 2.42 bits per heavy atom. The van der Waals surface area contributed by atoms with Crippen LogP contribution in [0.2, 0.25) is 0 Å². The molecule has 0 radical (unpaired) electrons. The van der Waals surface area contributed by atoms with Gasteiger partial charge in [-0.05, 0) is 24.6 Å². The Balaban J connectivity index is 2.94. The highest BCUT2D eigenvalue weighted by Gasteiger charge is 1.94. The Kier molecular flexibility index (Phi) is 3.17. The summed E-state index contributed by atoms with van der Waals surface area (Å²) in [5, 5.41) is 0. The van der Waals surface area contributed by atoms with Gasteiger partial charge in [-0.1, -0.05) is 6.08 Å². The lowest BCUT2D eigenvalue weighted by atomic mass is 10.2. The van der Waals surface area contributed by atoms with E-state index in [0.29, 0.717) is 5.69 Å². The number of thiol groups is 1. The van der Waals surface area contributed by atoms with Crippen molar-refractivity contribution < 1.29 is 0 Å². The standard InChI is InChI=1S/C9H12N2S/c1-7-5-8(10)6-11-9(7)3-2-4-12/h2-3,5-6,12H,4,10H2,1H3. The largest absolute Gasteiger partial charge is 0.397 e. The van der Waals surface area contributed by atoms with Crippen molar-refractivity contribution >= 4 is 24.4 Å². The third-order valence-corrected chi connectivity index (χ3v) is 1.73. The van der Waals surface area contributed by atoms with Crippen LogP contribution < -0.4 is 5.73 Å². The molecule has 0 amide bonds. The first-order valence-corrected chi connectivity index (χ1v) is 4.37. The van der Waals surface area contributed by atoms with Gasteiger partial charge in [-0.15, -0.1) is 0 Å². The minimum Gasteiger partial charge on any atom is -0.397 e. The van der Waals surface area contributed by atoms with Crippen molar-refractivity contribution in [3.63, 3.8) is 0 Å². The topological polar surface area (TPSA) is 38.9 Å². The minimum atomic E-state index is 0.704. The van der Waals surface area contributed by atoms with Gasteiger partial charge in [-0.3, -0.25) is 4.98 Å². The van der Waals surface area contributed by atoms with E-state index < -0.39 is 0 Å². The summed E-state index contributed by atoms with van der Waals surface area (Å²) in [4.78, 5) is 4.17. The molecular weight excluding hydrogens is 168 g/mol. The van der Waals surface area contributed by atoms with Crippen LogP contribution in [0.3, 0.4) is 0 Å². The van der Waals surface area contributed by atoms with Crippen molar-refractivity contribution in [3.8, 4) is 0 Å². The Morgan fingerprint density at radius 1 is 1.67 bits per heavy atom. The molecular formula is C9H12N2S. The first-order valence-electron chi connectivity index (χ1n) is 3.73. The molecule has 2 nitrogen and oxygen atoms in total. The molecule has 0 aliphatic heterocycles. The van der Waals surface area contributed by atoms with Gasteiger partial charge in [0.05, 0.1) is 17.6 Å². The van der Waals surface area contributed by atoms with E-state index >= 15 is 0 Å². The molecule has 0 unspecified atom stereocenters. The van der Waals surface area contributed by atoms with Gasteiger partial charge < -0.3 is 5.73 Å². The van der Waals surface area contributed by atoms with Gasteiger partial charge in [-0.25, -0.2) is 0 Å². The Hall–Kier alpha value is -0.960. The number of nitrogen functional groups attached to an aromatic ring is 1. The van der Waals surface area contributed by atoms with Gasteiger partial charge in [0.2, 0.25) is 0 Å². The number of anilines is 1. The van der Waals surface area contributed by atoms with Crippen molar-refractivity contribution in [1.82, 2.24) is 4.98 Å². The Bertz CT molecular complexity index is 295. The van der Waals surface area contributed by atoms with Crippen molar-refractivity contribution in [1.29, 1.82) is 0 Å². The SMILES string of the molecule is Cc1cc(N)cnc1C=CCS. The average molecular weight is 180 g/mol. The summed E-state index contributed by atoms with van der Waals surface area (Å²) in [6.45, 7) is 1.99. The lowest BCUT2D eigenvalue weighted by Crippen LogP contribution is -1.91. The summed E-state index contributed by atoms with van der Waals surface area (Å²) < 4.78 is 0. The molecule has 0 spiro atoms. The summed E-state index contributed by atoms with van der Waals surface area (Å²) in [6, 6.07) is 1.91. The molecule has 1 aromatic heterocycles. The van der Waals surface area contributed by atoms with Crippen LogP contribution >= 0.6 is 12.6 Å². The van der Waals surface area contributed by atoms with Crippen LogP contribution in [-0.2, 0) is 0 Å². The summed E-state index contributed by atoms with van der Waals surface area (Å²) >= 11 is 4.07. The predicted octanol–water partition coefficient (Wildman–Crippen LogP) is 1.92. The first kappa shape index (κ1) is 9.13. The second-order valence-corrected chi connectivity index (χ2v) is 2.92. The third kappa shape index (κ3) is 2.27. The molecule has 0 saturated heterocycles. The number of hydrogen-bond acceptors (Lipinski definition) is 3. The number of nitrogens with zero attached hydrogens (tertiary/aromatic N) is 1. The highest BCUT2D eigenvalue weighted by molar-refractivity contribution is 7.80. The van der Waals surface area contributed by atoms with E-state index in [1.54, 1.807) is 6.20 Å². The normalized spacial score (nSPS) is 10.8. The highest BCUT2D eigenvalue weighted by atomic mass is 32.1. The molecule has 0 aromatic carbocycles. The molecule has 0 aliphatic carbocycles. The number of rotatable bonds is 2. The fourth-order valence-corrected chi connectivity index (χ4v) is 1.05. The second-order valence-electron chi connectivity index (χ2n) is 2.56. The molecule has 0 atom stereocenters. The van der Waals surface area contributed by atoms with Crippen LogP contribution in [0.1, 0.15) is 11.3 Å². The maximum Gasteiger partial charge on any atom is 0.0657 e. The van der Waals surface area contributed by atoms with Crippen molar-refractivity contribution in [2.45, 2.75) is 6.92 Å². The zero-order valence-electron chi connectivity index (χ0n) is 6.99. The van der Waals surface area contributed by atoms with E-state index in [1.165, 1.54) is 0 Å². The number of hydrogen-bond donors (Lipinski definition) is 2. The molecule has 64 valence electrons. The van der Waals surface area contributed by atoms with E-state index in [-0.39, 0.29) is 0 Å². The number of aromatic nitrogens is 1. The Morgan fingerprint density at radius 3 is 3.00 bits per heavy atom. The predicted molar refractivity (Wildman–Crippen MR) is 56.3 cm³/mol. The monoisotopic (exact) mass is 180 g/mol. The van der Waals surface area contributed by atoms with Crippen LogP contribution in [0, 0.1) is 6.92 Å². The zero-order chi connectivity index (χ0) is 8.97. The second kappa shape index (κ2) is 4.16. The van der Waals surface area contributed by atoms with Crippen LogP contribution in [-0.4, -0.2) is 10.7 Å². The Labute approximate surface area is 77.9 Å². The molecule has 0 fully saturated rings. The molecule has 0 aliphatic rings. The van der Waals surface area contributed by atoms with Gasteiger partial charge >= 0.3 is 0 Å². The zero-order valence-corrected chi connectivity index (χ0v) is 7.88. The molecule has 1 heterocycles. The van der Waals surface area contributed by atoms with Crippen LogP contribution in [0.5, 0.6) is 0 Å². The molecule has 1 aromatic rings. The van der Waals surface area contributed by atoms with Crippen molar-refractivity contribution in [2.24, 2.45) is 0 Å². The van der Waals surface area contributed by atoms with E-state index in [4.69, 9.17) is 5.73 Å². The third-order valence-electron chi connectivity index (χ3n) is 1.52. The number of pyridine rings is 1. The molecule has 1 rings (SSSR count). The summed E-state index contributed by atoms with van der Waals surface area (Å²) in [6.07, 6.45) is 5.56. The lowest BCUT2D eigenvalue weighted by molar-refractivity contribution is 1.24. The average Bonchev–Trinajstić information content (AvgIpc) is 2.03. The summed E-state index contributed by atoms with van der Waals surface area (Å²) in [5.74, 6) is 0.728. The maximum atomic E-state index is 5.55. The minimum absolute atomic E-state index is 0.704. The van der Waals surface area contributed by atoms with E-state index in [9.17, 15) is 0 Å². The van der Waals surface area contributed by atoms with Gasteiger partial charge in [-0.2, -0.15) is 12.6 Å². The lowest BCUT2D eigenvalue weighted by Gasteiger charge is -1.99. The smallest absolute Gasteiger partial charge is 0.0657 e. The maximum absolute atomic E-state index is 5.55. The fourth-order valence-electron chi connectivity index (χ4n) is 0.946. The van der Waals surface area contributed by atoms with Crippen molar-refractivity contribution in [3.05, 3.63) is 29.6 Å². The fraction of sp³-hybridized carbons (Fsp3) is 0.222. The van der Waals surface area contributed by atoms with Gasteiger partial charge in [0, 0.05) is 5.75 Å². The van der Waals surface area contributed by atoms with Crippen LogP contribution in [0.15, 0.2) is 18.3 Å². The number of aryl methyl sites for hydroxylation is 1. The summed E-state index contributed by atoms with van der Waals surface area (Å²) in [7, 11) is 0. The van der Waals surface area contributed by atoms with E-state index in [0.717, 1.165) is 17.0 Å². The summed E-state index contributed by atoms with van der Waals surface area (Å²) in [5.41, 5.74) is 8.31. The highest BCUT2D eigenvalue weighted by Crippen LogP contribution is 2.10. The molecule has 0 bridgehead atoms. The molecule has 2 N–H and O–H groups in total. The van der Waals surface area contributed by atoms with E-state index in [2.05, 4.69) is 17.6 Å². The van der Waals surface area contributed by atoms with E-state index in [1.807, 2.05) is 25.1 Å². The molecule has 3 heteroatoms. The first-order chi connectivity index (χ1) is 5.74. The van der Waals surface area contributed by atoms with Gasteiger partial charge in [0.1, 0.15) is 0 Å². The number of nitrogens with two attached hydrogens (primary N) is 1. The van der Waals surface area contributed by atoms with Gasteiger partial charge in [0.25, 0.3) is 0 Å². The van der Waals surface area contributed by atoms with Gasteiger partial charge in [0.15, 0.2) is 0 Å². The van der Waals surface area contributed by atoms with Crippen LogP contribution in [0.25, 0.3) is 6.08 Å². The van der Waals surface area contributed by atoms with Crippen LogP contribution in [0.4, 0.5) is 5.69 Å². The quantitative estimate of drug-likeness (QED) is 0.682.